The van der Waals surface area contributed by atoms with E-state index >= 15 is 0 Å². The minimum Gasteiger partial charge on any atom is -0.478 e. The van der Waals surface area contributed by atoms with E-state index in [0.717, 1.165) is 4.88 Å². The average Bonchev–Trinajstić information content (AvgIpc) is 3.00. The summed E-state index contributed by atoms with van der Waals surface area (Å²) in [5.74, 6) is 0.0777. The van der Waals surface area contributed by atoms with Crippen LogP contribution in [0.15, 0.2) is 49.1 Å². The molecule has 130 valence electrons. The summed E-state index contributed by atoms with van der Waals surface area (Å²) < 4.78 is 6.37. The van der Waals surface area contributed by atoms with Gasteiger partial charge in [0.05, 0.1) is 23.0 Å². The second-order valence-electron chi connectivity index (χ2n) is 5.56. The van der Waals surface area contributed by atoms with E-state index in [1.165, 1.54) is 11.3 Å². The van der Waals surface area contributed by atoms with Gasteiger partial charge in [-0.1, -0.05) is 29.8 Å². The third-order valence-corrected chi connectivity index (χ3v) is 4.96. The number of nitrogens with one attached hydrogen (secondary N) is 1. The lowest BCUT2D eigenvalue weighted by molar-refractivity contribution is -0.137. The maximum Gasteiger partial charge on any atom is 0.266 e. The van der Waals surface area contributed by atoms with Crippen LogP contribution in [0.2, 0.25) is 4.34 Å². The first-order valence-electron chi connectivity index (χ1n) is 7.76. The molecule has 2 heterocycles. The number of nitrogens with zero attached hydrogens (tertiary/aromatic N) is 1. The number of rotatable bonds is 6. The van der Waals surface area contributed by atoms with E-state index < -0.39 is 6.10 Å². The molecule has 0 aliphatic carbocycles. The molecule has 1 aromatic carbocycles. The number of thiophene rings is 1. The topological polar surface area (TPSA) is 58.6 Å². The number of fused-ring (bicyclic) bond motifs is 1. The quantitative estimate of drug-likeness (QED) is 0.782. The zero-order valence-corrected chi connectivity index (χ0v) is 15.0. The van der Waals surface area contributed by atoms with Crippen molar-refractivity contribution in [2.24, 2.45) is 0 Å². The van der Waals surface area contributed by atoms with Gasteiger partial charge in [0.2, 0.25) is 5.91 Å². The highest BCUT2D eigenvalue weighted by Crippen LogP contribution is 2.30. The summed E-state index contributed by atoms with van der Waals surface area (Å²) in [7, 11) is 0. The Labute approximate surface area is 154 Å². The number of anilines is 1. The largest absolute Gasteiger partial charge is 0.478 e. The maximum absolute atomic E-state index is 12.7. The minimum atomic E-state index is -0.846. The van der Waals surface area contributed by atoms with Gasteiger partial charge >= 0.3 is 0 Å². The number of hydrogen-bond donors (Lipinski definition) is 1. The van der Waals surface area contributed by atoms with Gasteiger partial charge in [-0.3, -0.25) is 9.59 Å². The van der Waals surface area contributed by atoms with Gasteiger partial charge in [-0.25, -0.2) is 0 Å². The molecule has 0 unspecified atom stereocenters. The van der Waals surface area contributed by atoms with Crippen LogP contribution >= 0.6 is 22.9 Å². The second kappa shape index (κ2) is 7.72. The number of halogens is 1. The normalized spacial score (nSPS) is 15.7. The third kappa shape index (κ3) is 4.21. The van der Waals surface area contributed by atoms with Crippen LogP contribution in [0.3, 0.4) is 0 Å². The highest BCUT2D eigenvalue weighted by Gasteiger charge is 2.31. The Morgan fingerprint density at radius 3 is 2.88 bits per heavy atom. The number of para-hydroxylation sites is 2. The van der Waals surface area contributed by atoms with Crippen molar-refractivity contribution in [2.45, 2.75) is 19.1 Å². The Bertz CT molecular complexity index is 805. The van der Waals surface area contributed by atoms with Crippen molar-refractivity contribution in [3.8, 4) is 5.75 Å². The first-order chi connectivity index (χ1) is 12.1. The fraction of sp³-hybridized carbons (Fsp3) is 0.222. The summed E-state index contributed by atoms with van der Waals surface area (Å²) in [5.41, 5.74) is 0.618. The van der Waals surface area contributed by atoms with Crippen molar-refractivity contribution in [3.05, 3.63) is 58.3 Å². The van der Waals surface area contributed by atoms with E-state index in [-0.39, 0.29) is 18.2 Å². The summed E-state index contributed by atoms with van der Waals surface area (Å²) in [6, 6.07) is 10.8. The number of hydrogen-bond acceptors (Lipinski definition) is 4. The van der Waals surface area contributed by atoms with Crippen LogP contribution in [0.4, 0.5) is 5.69 Å². The zero-order chi connectivity index (χ0) is 17.8. The summed E-state index contributed by atoms with van der Waals surface area (Å²) in [5, 5.41) is 2.77. The van der Waals surface area contributed by atoms with Crippen LogP contribution in [-0.4, -0.2) is 29.4 Å². The maximum atomic E-state index is 12.7. The van der Waals surface area contributed by atoms with Crippen molar-refractivity contribution in [3.63, 3.8) is 0 Å². The molecule has 3 rings (SSSR count). The molecule has 0 bridgehead atoms. The van der Waals surface area contributed by atoms with Crippen LogP contribution in [0.25, 0.3) is 0 Å². The van der Waals surface area contributed by atoms with Gasteiger partial charge in [0, 0.05) is 11.4 Å². The van der Waals surface area contributed by atoms with E-state index in [1.807, 2.05) is 18.2 Å². The standard InChI is InChI=1S/C18H17ClN2O3S/c1-2-9-21(11-12-7-8-16(19)25-12)17(22)10-15-18(23)20-13-5-3-4-6-14(13)24-15/h2-8,15H,1,9-11H2,(H,20,23)/t15-/m1/s1. The van der Waals surface area contributed by atoms with Crippen LogP contribution in [0.5, 0.6) is 5.75 Å². The van der Waals surface area contributed by atoms with Crippen LogP contribution < -0.4 is 10.1 Å². The van der Waals surface area contributed by atoms with Gasteiger partial charge < -0.3 is 15.0 Å². The van der Waals surface area contributed by atoms with Crippen LogP contribution in [-0.2, 0) is 16.1 Å². The SMILES string of the molecule is C=CCN(Cc1ccc(Cl)s1)C(=O)C[C@H]1Oc2ccccc2NC1=O. The molecule has 5 nitrogen and oxygen atoms in total. The molecular formula is C18H17ClN2O3S. The zero-order valence-electron chi connectivity index (χ0n) is 13.4. The van der Waals surface area contributed by atoms with Gasteiger partial charge in [0.1, 0.15) is 5.75 Å². The van der Waals surface area contributed by atoms with E-state index in [1.54, 1.807) is 29.2 Å². The monoisotopic (exact) mass is 376 g/mol. The summed E-state index contributed by atoms with van der Waals surface area (Å²) in [6.07, 6.45) is 0.777. The fourth-order valence-electron chi connectivity index (χ4n) is 2.55. The van der Waals surface area contributed by atoms with E-state index in [0.29, 0.717) is 28.9 Å². The van der Waals surface area contributed by atoms with Gasteiger partial charge in [0.15, 0.2) is 6.10 Å². The predicted octanol–water partition coefficient (Wildman–Crippen LogP) is 3.71. The van der Waals surface area contributed by atoms with E-state index in [9.17, 15) is 9.59 Å². The molecule has 1 aliphatic rings. The smallest absolute Gasteiger partial charge is 0.266 e. The molecular weight excluding hydrogens is 360 g/mol. The lowest BCUT2D eigenvalue weighted by atomic mass is 10.1. The van der Waals surface area contributed by atoms with Crippen molar-refractivity contribution in [1.29, 1.82) is 0 Å². The first-order valence-corrected chi connectivity index (χ1v) is 8.95. The predicted molar refractivity (Wildman–Crippen MR) is 99.0 cm³/mol. The molecule has 1 N–H and O–H groups in total. The molecule has 0 saturated heterocycles. The number of amides is 2. The molecule has 7 heteroatoms. The average molecular weight is 377 g/mol. The summed E-state index contributed by atoms with van der Waals surface area (Å²) >= 11 is 7.37. The molecule has 2 aromatic rings. The Balaban J connectivity index is 1.68. The molecule has 2 amide bonds. The summed E-state index contributed by atoms with van der Waals surface area (Å²) in [4.78, 5) is 27.5. The Hall–Kier alpha value is -2.31. The summed E-state index contributed by atoms with van der Waals surface area (Å²) in [6.45, 7) is 4.51. The molecule has 1 aliphatic heterocycles. The van der Waals surface area contributed by atoms with Crippen LogP contribution in [0.1, 0.15) is 11.3 Å². The van der Waals surface area contributed by atoms with Gasteiger partial charge in [-0.05, 0) is 24.3 Å². The lowest BCUT2D eigenvalue weighted by Crippen LogP contribution is -2.42. The minimum absolute atomic E-state index is 0.0346. The first kappa shape index (κ1) is 17.5. The molecule has 0 saturated carbocycles. The van der Waals surface area contributed by atoms with Crippen LogP contribution in [0, 0.1) is 0 Å². The second-order valence-corrected chi connectivity index (χ2v) is 7.36. The highest BCUT2D eigenvalue weighted by atomic mass is 35.5. The molecule has 0 radical (unpaired) electrons. The Kier molecular flexibility index (Phi) is 5.40. The van der Waals surface area contributed by atoms with Gasteiger partial charge in [0.25, 0.3) is 5.91 Å². The molecule has 25 heavy (non-hydrogen) atoms. The molecule has 0 spiro atoms. The van der Waals surface area contributed by atoms with Crippen molar-refractivity contribution < 1.29 is 14.3 Å². The molecule has 1 atom stereocenters. The van der Waals surface area contributed by atoms with Gasteiger partial charge in [-0.15, -0.1) is 17.9 Å². The molecule has 1 aromatic heterocycles. The van der Waals surface area contributed by atoms with Crippen molar-refractivity contribution in [2.75, 3.05) is 11.9 Å². The number of ether oxygens (including phenoxy) is 1. The van der Waals surface area contributed by atoms with Gasteiger partial charge in [-0.2, -0.15) is 0 Å². The van der Waals surface area contributed by atoms with Crippen molar-refractivity contribution >= 4 is 40.4 Å². The highest BCUT2D eigenvalue weighted by molar-refractivity contribution is 7.16. The number of benzene rings is 1. The van der Waals surface area contributed by atoms with Crippen molar-refractivity contribution in [1.82, 2.24) is 4.90 Å². The van der Waals surface area contributed by atoms with E-state index in [4.69, 9.17) is 16.3 Å². The number of carbonyl (C=O) groups excluding carboxylic acids is 2. The van der Waals surface area contributed by atoms with E-state index in [2.05, 4.69) is 11.9 Å². The fourth-order valence-corrected chi connectivity index (χ4v) is 3.65. The Morgan fingerprint density at radius 1 is 1.36 bits per heavy atom. The number of carbonyl (C=O) groups is 2. The molecule has 0 fully saturated rings. The third-order valence-electron chi connectivity index (χ3n) is 3.74. The lowest BCUT2D eigenvalue weighted by Gasteiger charge is -2.27. The Morgan fingerprint density at radius 2 is 2.16 bits per heavy atom.